The van der Waals surface area contributed by atoms with E-state index in [1.807, 2.05) is 12.3 Å². The number of amides is 2. The molecule has 2 amide bonds. The fraction of sp³-hybridized carbons (Fsp3) is 0.667. The monoisotopic (exact) mass is 343 g/mol. The second-order valence-electron chi connectivity index (χ2n) is 5.72. The molecule has 1 N–H and O–H groups in total. The molecule has 1 unspecified atom stereocenters. The van der Waals surface area contributed by atoms with Crippen molar-refractivity contribution in [1.29, 1.82) is 0 Å². The summed E-state index contributed by atoms with van der Waals surface area (Å²) in [6.45, 7) is 3.57. The molecule has 0 saturated heterocycles. The lowest BCUT2D eigenvalue weighted by Crippen LogP contribution is -2.48. The molecule has 122 valence electrons. The van der Waals surface area contributed by atoms with Crippen LogP contribution < -0.4 is 5.32 Å². The molecule has 0 radical (unpaired) electrons. The fourth-order valence-corrected chi connectivity index (χ4v) is 3.56. The van der Waals surface area contributed by atoms with E-state index < -0.39 is 5.38 Å². The molecule has 1 fully saturated rings. The van der Waals surface area contributed by atoms with Crippen LogP contribution in [-0.4, -0.2) is 39.7 Å². The number of carbonyl (C=O) groups is 2. The molecule has 1 heterocycles. The lowest BCUT2D eigenvalue weighted by Gasteiger charge is -2.34. The minimum Gasteiger partial charge on any atom is -0.329 e. The second-order valence-corrected chi connectivity index (χ2v) is 7.23. The lowest BCUT2D eigenvalue weighted by atomic mass is 9.94. The topological polar surface area (TPSA) is 62.3 Å². The maximum absolute atomic E-state index is 12.3. The van der Waals surface area contributed by atoms with Crippen molar-refractivity contribution in [2.75, 3.05) is 11.9 Å². The molecule has 0 spiro atoms. The molecule has 22 heavy (non-hydrogen) atoms. The number of hydrogen-bond acceptors (Lipinski definition) is 4. The number of thiazole rings is 1. The van der Waals surface area contributed by atoms with Crippen molar-refractivity contribution in [3.05, 3.63) is 11.1 Å². The first kappa shape index (κ1) is 17.2. The summed E-state index contributed by atoms with van der Waals surface area (Å²) in [5.41, 5.74) is 0.870. The van der Waals surface area contributed by atoms with Crippen LogP contribution in [0.4, 0.5) is 5.13 Å². The number of carbonyl (C=O) groups excluding carboxylic acids is 2. The number of aryl methyl sites for hydroxylation is 1. The number of halogens is 1. The zero-order chi connectivity index (χ0) is 16.1. The summed E-state index contributed by atoms with van der Waals surface area (Å²) in [5.74, 6) is -0.385. The van der Waals surface area contributed by atoms with Crippen LogP contribution in [0.25, 0.3) is 0 Å². The van der Waals surface area contributed by atoms with Gasteiger partial charge in [0.05, 0.1) is 5.69 Å². The van der Waals surface area contributed by atoms with Crippen LogP contribution in [0.2, 0.25) is 0 Å². The molecular weight excluding hydrogens is 322 g/mol. The predicted octanol–water partition coefficient (Wildman–Crippen LogP) is 3.18. The summed E-state index contributed by atoms with van der Waals surface area (Å²) in [6, 6.07) is 0.117. The Bertz CT molecular complexity index is 527. The highest BCUT2D eigenvalue weighted by Gasteiger charge is 2.29. The quantitative estimate of drug-likeness (QED) is 0.835. The number of rotatable bonds is 5. The zero-order valence-electron chi connectivity index (χ0n) is 13.0. The largest absolute Gasteiger partial charge is 0.329 e. The molecule has 0 aliphatic heterocycles. The van der Waals surface area contributed by atoms with Gasteiger partial charge in [-0.15, -0.1) is 22.9 Å². The standard InChI is InChI=1S/C15H22ClN3O2S/c1-10-9-22-15(17-10)18-13(20)8-19(14(21)11(2)16)12-6-4-3-5-7-12/h9,11-12H,3-8H2,1-2H3,(H,17,18,20). The number of aromatic nitrogens is 1. The van der Waals surface area contributed by atoms with Crippen molar-refractivity contribution >= 4 is 39.9 Å². The number of anilines is 1. The van der Waals surface area contributed by atoms with Gasteiger partial charge in [0.15, 0.2) is 5.13 Å². The number of alkyl halides is 1. The summed E-state index contributed by atoms with van der Waals surface area (Å²) >= 11 is 7.34. The van der Waals surface area contributed by atoms with Gasteiger partial charge in [0.25, 0.3) is 0 Å². The van der Waals surface area contributed by atoms with Crippen molar-refractivity contribution in [2.24, 2.45) is 0 Å². The minimum absolute atomic E-state index is 0.0409. The SMILES string of the molecule is Cc1csc(NC(=O)CN(C(=O)C(C)Cl)C2CCCCC2)n1. The summed E-state index contributed by atoms with van der Waals surface area (Å²) in [5, 5.41) is 4.59. The molecule has 1 atom stereocenters. The number of nitrogens with one attached hydrogen (secondary N) is 1. The van der Waals surface area contributed by atoms with Crippen LogP contribution in [-0.2, 0) is 9.59 Å². The van der Waals surface area contributed by atoms with E-state index >= 15 is 0 Å². The van der Waals surface area contributed by atoms with Gasteiger partial charge >= 0.3 is 0 Å². The Balaban J connectivity index is 2.01. The fourth-order valence-electron chi connectivity index (χ4n) is 2.73. The van der Waals surface area contributed by atoms with E-state index in [-0.39, 0.29) is 24.4 Å². The van der Waals surface area contributed by atoms with Crippen molar-refractivity contribution in [3.63, 3.8) is 0 Å². The Morgan fingerprint density at radius 2 is 2.14 bits per heavy atom. The van der Waals surface area contributed by atoms with Crippen molar-refractivity contribution in [2.45, 2.75) is 57.4 Å². The Morgan fingerprint density at radius 1 is 1.45 bits per heavy atom. The summed E-state index contributed by atoms with van der Waals surface area (Å²) in [6.07, 6.45) is 5.27. The van der Waals surface area contributed by atoms with Gasteiger partial charge in [-0.2, -0.15) is 0 Å². The summed E-state index contributed by atoms with van der Waals surface area (Å²) in [7, 11) is 0. The second kappa shape index (κ2) is 7.92. The predicted molar refractivity (Wildman–Crippen MR) is 89.4 cm³/mol. The van der Waals surface area contributed by atoms with Gasteiger partial charge in [-0.1, -0.05) is 19.3 Å². The van der Waals surface area contributed by atoms with Crippen LogP contribution in [0.1, 0.15) is 44.7 Å². The Labute approximate surface area is 140 Å². The van der Waals surface area contributed by atoms with E-state index in [2.05, 4.69) is 10.3 Å². The van der Waals surface area contributed by atoms with Crippen molar-refractivity contribution < 1.29 is 9.59 Å². The average molecular weight is 344 g/mol. The highest BCUT2D eigenvalue weighted by atomic mass is 35.5. The average Bonchev–Trinajstić information content (AvgIpc) is 2.90. The third-order valence-electron chi connectivity index (χ3n) is 3.82. The molecule has 5 nitrogen and oxygen atoms in total. The molecule has 1 aliphatic rings. The van der Waals surface area contributed by atoms with Crippen molar-refractivity contribution in [3.8, 4) is 0 Å². The van der Waals surface area contributed by atoms with Gasteiger partial charge in [-0.05, 0) is 26.7 Å². The van der Waals surface area contributed by atoms with Gasteiger partial charge in [-0.25, -0.2) is 4.98 Å². The summed E-state index contributed by atoms with van der Waals surface area (Å²) < 4.78 is 0. The van der Waals surface area contributed by atoms with Gasteiger partial charge in [0, 0.05) is 11.4 Å². The molecule has 1 aromatic heterocycles. The highest BCUT2D eigenvalue weighted by molar-refractivity contribution is 7.13. The normalized spacial score (nSPS) is 17.0. The third kappa shape index (κ3) is 4.68. The minimum atomic E-state index is -0.614. The van der Waals surface area contributed by atoms with E-state index in [1.54, 1.807) is 11.8 Å². The number of hydrogen-bond donors (Lipinski definition) is 1. The first-order valence-corrected chi connectivity index (χ1v) is 8.95. The highest BCUT2D eigenvalue weighted by Crippen LogP contribution is 2.24. The smallest absolute Gasteiger partial charge is 0.245 e. The van der Waals surface area contributed by atoms with E-state index in [9.17, 15) is 9.59 Å². The molecule has 1 aliphatic carbocycles. The van der Waals surface area contributed by atoms with Gasteiger partial charge in [0.1, 0.15) is 11.9 Å². The Kier molecular flexibility index (Phi) is 6.20. The first-order valence-electron chi connectivity index (χ1n) is 7.64. The molecule has 7 heteroatoms. The van der Waals surface area contributed by atoms with Crippen LogP contribution in [0.5, 0.6) is 0 Å². The van der Waals surface area contributed by atoms with E-state index in [1.165, 1.54) is 17.8 Å². The summed E-state index contributed by atoms with van der Waals surface area (Å²) in [4.78, 5) is 30.4. The lowest BCUT2D eigenvalue weighted by molar-refractivity contribution is -0.137. The molecule has 0 aromatic carbocycles. The van der Waals surface area contributed by atoms with E-state index in [0.717, 1.165) is 31.4 Å². The Hall–Kier alpha value is -1.14. The molecular formula is C15H22ClN3O2S. The van der Waals surface area contributed by atoms with Crippen LogP contribution in [0, 0.1) is 6.92 Å². The van der Waals surface area contributed by atoms with Crippen LogP contribution in [0.15, 0.2) is 5.38 Å². The Morgan fingerprint density at radius 3 is 2.68 bits per heavy atom. The van der Waals surface area contributed by atoms with Gasteiger partial charge in [-0.3, -0.25) is 9.59 Å². The molecule has 1 saturated carbocycles. The van der Waals surface area contributed by atoms with Crippen LogP contribution in [0.3, 0.4) is 0 Å². The first-order chi connectivity index (χ1) is 10.5. The number of nitrogens with zero attached hydrogens (tertiary/aromatic N) is 2. The third-order valence-corrected chi connectivity index (χ3v) is 4.88. The van der Waals surface area contributed by atoms with Gasteiger partial charge in [0.2, 0.25) is 11.8 Å². The van der Waals surface area contributed by atoms with E-state index in [4.69, 9.17) is 11.6 Å². The van der Waals surface area contributed by atoms with E-state index in [0.29, 0.717) is 5.13 Å². The zero-order valence-corrected chi connectivity index (χ0v) is 14.5. The maximum Gasteiger partial charge on any atom is 0.245 e. The van der Waals surface area contributed by atoms with Gasteiger partial charge < -0.3 is 10.2 Å². The molecule has 0 bridgehead atoms. The van der Waals surface area contributed by atoms with Crippen molar-refractivity contribution in [1.82, 2.24) is 9.88 Å². The molecule has 1 aromatic rings. The molecule has 2 rings (SSSR count). The van der Waals surface area contributed by atoms with Crippen LogP contribution >= 0.6 is 22.9 Å². The maximum atomic E-state index is 12.3.